The van der Waals surface area contributed by atoms with E-state index in [0.29, 0.717) is 5.56 Å². The lowest BCUT2D eigenvalue weighted by Gasteiger charge is -2.16. The molecule has 112 valence electrons. The molecule has 0 radical (unpaired) electrons. The van der Waals surface area contributed by atoms with Crippen molar-refractivity contribution in [2.45, 2.75) is 31.8 Å². The average molecular weight is 305 g/mol. The molecule has 9 heteroatoms. The van der Waals surface area contributed by atoms with Crippen LogP contribution in [-0.2, 0) is 13.8 Å². The Morgan fingerprint density at radius 1 is 1.55 bits per heavy atom. The molecule has 0 spiro atoms. The van der Waals surface area contributed by atoms with E-state index in [2.05, 4.69) is 4.52 Å². The van der Waals surface area contributed by atoms with Crippen molar-refractivity contribution in [3.05, 3.63) is 34.2 Å². The fourth-order valence-corrected chi connectivity index (χ4v) is 2.75. The van der Waals surface area contributed by atoms with E-state index in [9.17, 15) is 14.5 Å². The van der Waals surface area contributed by atoms with Gasteiger partial charge < -0.3 is 19.6 Å². The molecule has 0 saturated carbocycles. The molecule has 1 aliphatic heterocycles. The van der Waals surface area contributed by atoms with Crippen molar-refractivity contribution in [1.82, 2.24) is 4.57 Å². The number of pyridine rings is 1. The van der Waals surface area contributed by atoms with Gasteiger partial charge in [0.15, 0.2) is 0 Å². The van der Waals surface area contributed by atoms with Crippen molar-refractivity contribution in [2.75, 3.05) is 6.61 Å². The van der Waals surface area contributed by atoms with Crippen molar-refractivity contribution in [3.8, 4) is 0 Å². The van der Waals surface area contributed by atoms with Crippen LogP contribution < -0.4 is 5.56 Å². The van der Waals surface area contributed by atoms with E-state index in [4.69, 9.17) is 14.5 Å². The summed E-state index contributed by atoms with van der Waals surface area (Å²) in [7, 11) is -4.68. The molecule has 0 unspecified atom stereocenters. The van der Waals surface area contributed by atoms with E-state index in [1.54, 1.807) is 19.1 Å². The van der Waals surface area contributed by atoms with Crippen LogP contribution in [0.3, 0.4) is 0 Å². The summed E-state index contributed by atoms with van der Waals surface area (Å²) in [5.74, 6) is 0. The zero-order valence-electron chi connectivity index (χ0n) is 10.7. The van der Waals surface area contributed by atoms with Gasteiger partial charge in [0.25, 0.3) is 5.56 Å². The molecule has 8 nitrogen and oxygen atoms in total. The Morgan fingerprint density at radius 2 is 2.25 bits per heavy atom. The second kappa shape index (κ2) is 5.77. The number of hydrogen-bond donors (Lipinski definition) is 3. The van der Waals surface area contributed by atoms with Crippen LogP contribution in [0.5, 0.6) is 0 Å². The van der Waals surface area contributed by atoms with E-state index in [-0.39, 0.29) is 12.0 Å². The second-order valence-electron chi connectivity index (χ2n) is 4.59. The van der Waals surface area contributed by atoms with Gasteiger partial charge in [0.05, 0.1) is 6.61 Å². The molecule has 3 atom stereocenters. The number of nitrogens with zero attached hydrogens (tertiary/aromatic N) is 1. The lowest BCUT2D eigenvalue weighted by atomic mass is 10.2. The minimum Gasteiger partial charge on any atom is -0.394 e. The quantitative estimate of drug-likeness (QED) is 0.665. The Labute approximate surface area is 114 Å². The second-order valence-corrected chi connectivity index (χ2v) is 5.78. The summed E-state index contributed by atoms with van der Waals surface area (Å²) in [6.45, 7) is 1.20. The Bertz CT molecular complexity index is 580. The molecule has 0 amide bonds. The Kier molecular flexibility index (Phi) is 4.43. The summed E-state index contributed by atoms with van der Waals surface area (Å²) < 4.78 is 22.2. The summed E-state index contributed by atoms with van der Waals surface area (Å²) >= 11 is 0. The van der Waals surface area contributed by atoms with Crippen LogP contribution in [0.4, 0.5) is 0 Å². The molecule has 0 aliphatic carbocycles. The van der Waals surface area contributed by atoms with E-state index in [1.807, 2.05) is 0 Å². The summed E-state index contributed by atoms with van der Waals surface area (Å²) in [5, 5.41) is 9.18. The molecule has 3 N–H and O–H groups in total. The van der Waals surface area contributed by atoms with Crippen molar-refractivity contribution >= 4 is 7.82 Å². The molecule has 1 fully saturated rings. The van der Waals surface area contributed by atoms with E-state index in [0.717, 1.165) is 0 Å². The predicted molar refractivity (Wildman–Crippen MR) is 68.0 cm³/mol. The summed E-state index contributed by atoms with van der Waals surface area (Å²) in [6.07, 6.45) is -0.997. The molecule has 1 aromatic rings. The number of rotatable bonds is 4. The summed E-state index contributed by atoms with van der Waals surface area (Å²) in [4.78, 5) is 29.6. The van der Waals surface area contributed by atoms with Gasteiger partial charge in [-0.25, -0.2) is 4.57 Å². The first-order valence-corrected chi connectivity index (χ1v) is 7.53. The van der Waals surface area contributed by atoms with Gasteiger partial charge in [-0.3, -0.25) is 13.9 Å². The monoisotopic (exact) mass is 305 g/mol. The molecule has 20 heavy (non-hydrogen) atoms. The van der Waals surface area contributed by atoms with Crippen LogP contribution >= 0.6 is 7.82 Å². The normalized spacial score (nSPS) is 26.9. The standard InChI is InChI=1S/C11H16NO7P/c1-7-3-2-4-12(11(7)14)10-5-8(9(6-13)18-10)19-20(15,16)17/h2-4,8-10,13H,5-6H2,1H3,(H2,15,16,17)/t8-,9+,10+/m0/s1. The number of aromatic nitrogens is 1. The number of phosphoric acid groups is 1. The zero-order valence-corrected chi connectivity index (χ0v) is 11.6. The molecular formula is C11H16NO7P. The highest BCUT2D eigenvalue weighted by Gasteiger charge is 2.40. The van der Waals surface area contributed by atoms with Crippen molar-refractivity contribution < 1.29 is 28.7 Å². The minimum atomic E-state index is -4.68. The molecular weight excluding hydrogens is 289 g/mol. The number of ether oxygens (including phenoxy) is 1. The first kappa shape index (κ1) is 15.4. The number of aryl methyl sites for hydroxylation is 1. The molecule has 0 bridgehead atoms. The molecule has 2 heterocycles. The predicted octanol–water partition coefficient (Wildman–Crippen LogP) is -0.0856. The van der Waals surface area contributed by atoms with Crippen LogP contribution in [0.15, 0.2) is 23.1 Å². The van der Waals surface area contributed by atoms with Crippen LogP contribution in [0, 0.1) is 6.92 Å². The third kappa shape index (κ3) is 3.35. The highest BCUT2D eigenvalue weighted by Crippen LogP contribution is 2.43. The van der Waals surface area contributed by atoms with E-state index < -0.39 is 32.9 Å². The topological polar surface area (TPSA) is 118 Å². The highest BCUT2D eigenvalue weighted by molar-refractivity contribution is 7.46. The van der Waals surface area contributed by atoms with Gasteiger partial charge >= 0.3 is 7.82 Å². The third-order valence-corrected chi connectivity index (χ3v) is 3.65. The fraction of sp³-hybridized carbons (Fsp3) is 0.545. The molecule has 1 aromatic heterocycles. The van der Waals surface area contributed by atoms with Gasteiger partial charge in [0, 0.05) is 18.2 Å². The van der Waals surface area contributed by atoms with Gasteiger partial charge in [0.2, 0.25) is 0 Å². The van der Waals surface area contributed by atoms with E-state index >= 15 is 0 Å². The van der Waals surface area contributed by atoms with E-state index in [1.165, 1.54) is 10.8 Å². The molecule has 0 aromatic carbocycles. The summed E-state index contributed by atoms with van der Waals surface area (Å²) in [5.41, 5.74) is 0.266. The zero-order chi connectivity index (χ0) is 14.9. The first-order valence-electron chi connectivity index (χ1n) is 6.00. The Balaban J connectivity index is 2.22. The van der Waals surface area contributed by atoms with Crippen molar-refractivity contribution in [1.29, 1.82) is 0 Å². The molecule has 1 aliphatic rings. The van der Waals surface area contributed by atoms with Crippen LogP contribution in [0.1, 0.15) is 18.2 Å². The average Bonchev–Trinajstić information content (AvgIpc) is 2.73. The van der Waals surface area contributed by atoms with Gasteiger partial charge in [0.1, 0.15) is 18.4 Å². The van der Waals surface area contributed by atoms with Crippen molar-refractivity contribution in [3.63, 3.8) is 0 Å². The van der Waals surface area contributed by atoms with Gasteiger partial charge in [-0.2, -0.15) is 0 Å². The Morgan fingerprint density at radius 3 is 2.85 bits per heavy atom. The van der Waals surface area contributed by atoms with Gasteiger partial charge in [-0.1, -0.05) is 6.07 Å². The third-order valence-electron chi connectivity index (χ3n) is 3.11. The first-order chi connectivity index (χ1) is 9.31. The van der Waals surface area contributed by atoms with Gasteiger partial charge in [-0.05, 0) is 13.0 Å². The maximum absolute atomic E-state index is 12.0. The van der Waals surface area contributed by atoms with Crippen molar-refractivity contribution in [2.24, 2.45) is 0 Å². The maximum Gasteiger partial charge on any atom is 0.469 e. The smallest absolute Gasteiger partial charge is 0.394 e. The lowest BCUT2D eigenvalue weighted by molar-refractivity contribution is -0.0448. The van der Waals surface area contributed by atoms with Crippen LogP contribution in [0.2, 0.25) is 0 Å². The largest absolute Gasteiger partial charge is 0.469 e. The molecule has 1 saturated heterocycles. The number of hydrogen-bond acceptors (Lipinski definition) is 5. The highest BCUT2D eigenvalue weighted by atomic mass is 31.2. The SMILES string of the molecule is Cc1cccn([C@H]2C[C@H](OP(=O)(O)O)[C@@H](CO)O2)c1=O. The molecule has 2 rings (SSSR count). The van der Waals surface area contributed by atoms with Gasteiger partial charge in [-0.15, -0.1) is 0 Å². The number of aliphatic hydroxyl groups is 1. The van der Waals surface area contributed by atoms with Crippen LogP contribution in [0.25, 0.3) is 0 Å². The summed E-state index contributed by atoms with van der Waals surface area (Å²) in [6, 6.07) is 3.33. The fourth-order valence-electron chi connectivity index (χ4n) is 2.17. The minimum absolute atomic E-state index is 0.0691. The maximum atomic E-state index is 12.0. The number of phosphoric ester groups is 1. The van der Waals surface area contributed by atoms with Crippen LogP contribution in [-0.4, -0.2) is 38.3 Å². The Hall–Kier alpha value is -1.02. The number of aliphatic hydroxyl groups excluding tert-OH is 1. The lowest BCUT2D eigenvalue weighted by Crippen LogP contribution is -2.27.